The Labute approximate surface area is 101 Å². The summed E-state index contributed by atoms with van der Waals surface area (Å²) in [5, 5.41) is 9.87. The highest BCUT2D eigenvalue weighted by atomic mass is 16.5. The van der Waals surface area contributed by atoms with Crippen molar-refractivity contribution in [3.63, 3.8) is 0 Å². The highest BCUT2D eigenvalue weighted by Crippen LogP contribution is 2.32. The van der Waals surface area contributed by atoms with Gasteiger partial charge in [-0.05, 0) is 39.2 Å². The molecule has 1 aliphatic carbocycles. The number of carbonyl (C=O) groups is 1. The van der Waals surface area contributed by atoms with Crippen molar-refractivity contribution < 1.29 is 14.6 Å². The van der Waals surface area contributed by atoms with Crippen LogP contribution in [0.4, 0.5) is 0 Å². The molecule has 17 heavy (non-hydrogen) atoms. The Morgan fingerprint density at radius 3 is 3.18 bits per heavy atom. The van der Waals surface area contributed by atoms with E-state index in [9.17, 15) is 9.90 Å². The summed E-state index contributed by atoms with van der Waals surface area (Å²) in [4.78, 5) is 11.7. The van der Waals surface area contributed by atoms with Crippen LogP contribution in [0.1, 0.15) is 50.1 Å². The first-order valence-electron chi connectivity index (χ1n) is 6.19. The second-order valence-corrected chi connectivity index (χ2v) is 4.46. The number of hydrogen-bond donors (Lipinski definition) is 1. The number of ether oxygens (including phenoxy) is 1. The van der Waals surface area contributed by atoms with Gasteiger partial charge in [0.15, 0.2) is 0 Å². The van der Waals surface area contributed by atoms with Gasteiger partial charge in [0, 0.05) is 17.5 Å². The van der Waals surface area contributed by atoms with Gasteiger partial charge in [0.05, 0.1) is 12.7 Å². The maximum atomic E-state index is 11.7. The van der Waals surface area contributed by atoms with Crippen molar-refractivity contribution in [2.45, 2.75) is 45.3 Å². The standard InChI is InChI=1S/C13H19NO3/c1-3-17-13(16)9(2)14-8-7-10-11(14)5-4-6-12(10)15/h7-9,12,15H,3-6H2,1-2H3. The van der Waals surface area contributed by atoms with Crippen LogP contribution in [0.15, 0.2) is 12.3 Å². The number of carbonyl (C=O) groups excluding carboxylic acids is 1. The largest absolute Gasteiger partial charge is 0.464 e. The maximum absolute atomic E-state index is 11.7. The van der Waals surface area contributed by atoms with Crippen LogP contribution in [-0.2, 0) is 16.0 Å². The van der Waals surface area contributed by atoms with Crippen LogP contribution in [0.25, 0.3) is 0 Å². The minimum Gasteiger partial charge on any atom is -0.464 e. The number of esters is 1. The Bertz CT molecular complexity index is 411. The van der Waals surface area contributed by atoms with E-state index in [1.165, 1.54) is 0 Å². The average Bonchev–Trinajstić information content (AvgIpc) is 2.73. The van der Waals surface area contributed by atoms with Crippen LogP contribution in [-0.4, -0.2) is 22.2 Å². The first-order chi connectivity index (χ1) is 8.15. The fraction of sp³-hybridized carbons (Fsp3) is 0.615. The van der Waals surface area contributed by atoms with Gasteiger partial charge in [-0.3, -0.25) is 0 Å². The van der Waals surface area contributed by atoms with Crippen molar-refractivity contribution in [3.05, 3.63) is 23.5 Å². The van der Waals surface area contributed by atoms with Gasteiger partial charge in [-0.15, -0.1) is 0 Å². The third-order valence-electron chi connectivity index (χ3n) is 3.35. The summed E-state index contributed by atoms with van der Waals surface area (Å²) in [5.41, 5.74) is 2.04. The first kappa shape index (κ1) is 12.2. The predicted molar refractivity (Wildman–Crippen MR) is 63.7 cm³/mol. The van der Waals surface area contributed by atoms with E-state index < -0.39 is 0 Å². The second-order valence-electron chi connectivity index (χ2n) is 4.46. The van der Waals surface area contributed by atoms with E-state index in [4.69, 9.17) is 4.74 Å². The molecule has 0 saturated heterocycles. The molecule has 2 atom stereocenters. The zero-order chi connectivity index (χ0) is 12.4. The maximum Gasteiger partial charge on any atom is 0.328 e. The van der Waals surface area contributed by atoms with E-state index in [0.717, 1.165) is 30.5 Å². The summed E-state index contributed by atoms with van der Waals surface area (Å²) in [6.45, 7) is 4.04. The van der Waals surface area contributed by atoms with E-state index in [2.05, 4.69) is 0 Å². The molecule has 0 radical (unpaired) electrons. The SMILES string of the molecule is CCOC(=O)C(C)n1ccc2c1CCCC2O. The Morgan fingerprint density at radius 1 is 1.71 bits per heavy atom. The van der Waals surface area contributed by atoms with Gasteiger partial charge >= 0.3 is 5.97 Å². The van der Waals surface area contributed by atoms with Crippen molar-refractivity contribution in [1.82, 2.24) is 4.57 Å². The summed E-state index contributed by atoms with van der Waals surface area (Å²) < 4.78 is 6.95. The predicted octanol–water partition coefficient (Wildman–Crippen LogP) is 1.98. The minimum atomic E-state index is -0.380. The van der Waals surface area contributed by atoms with E-state index >= 15 is 0 Å². The van der Waals surface area contributed by atoms with Crippen molar-refractivity contribution >= 4 is 5.97 Å². The van der Waals surface area contributed by atoms with Gasteiger partial charge in [-0.25, -0.2) is 4.79 Å². The van der Waals surface area contributed by atoms with Crippen molar-refractivity contribution in [2.24, 2.45) is 0 Å². The summed E-state index contributed by atoms with van der Waals surface area (Å²) in [5.74, 6) is -0.217. The van der Waals surface area contributed by atoms with Crippen LogP contribution in [0, 0.1) is 0 Å². The molecular formula is C13H19NO3. The smallest absolute Gasteiger partial charge is 0.328 e. The molecule has 0 aliphatic heterocycles. The molecule has 4 nitrogen and oxygen atoms in total. The molecule has 2 unspecified atom stereocenters. The number of aromatic nitrogens is 1. The molecule has 1 aromatic rings. The van der Waals surface area contributed by atoms with E-state index in [0.29, 0.717) is 6.61 Å². The van der Waals surface area contributed by atoms with E-state index in [1.54, 1.807) is 6.92 Å². The number of nitrogens with zero attached hydrogens (tertiary/aromatic N) is 1. The van der Waals surface area contributed by atoms with Crippen LogP contribution < -0.4 is 0 Å². The Kier molecular flexibility index (Phi) is 3.52. The fourth-order valence-corrected chi connectivity index (χ4v) is 2.43. The highest BCUT2D eigenvalue weighted by molar-refractivity contribution is 5.74. The van der Waals surface area contributed by atoms with Gasteiger partial charge in [0.25, 0.3) is 0 Å². The van der Waals surface area contributed by atoms with Gasteiger partial charge in [-0.2, -0.15) is 0 Å². The van der Waals surface area contributed by atoms with Crippen LogP contribution in [0.5, 0.6) is 0 Å². The summed E-state index contributed by atoms with van der Waals surface area (Å²) in [6, 6.07) is 1.60. The topological polar surface area (TPSA) is 51.5 Å². The number of rotatable bonds is 3. The third kappa shape index (κ3) is 2.22. The molecule has 0 fully saturated rings. The number of hydrogen-bond acceptors (Lipinski definition) is 3. The first-order valence-corrected chi connectivity index (χ1v) is 6.19. The highest BCUT2D eigenvalue weighted by Gasteiger charge is 2.25. The zero-order valence-electron chi connectivity index (χ0n) is 10.3. The van der Waals surface area contributed by atoms with Crippen LogP contribution >= 0.6 is 0 Å². The molecular weight excluding hydrogens is 218 g/mol. The Morgan fingerprint density at radius 2 is 2.47 bits per heavy atom. The molecule has 0 amide bonds. The van der Waals surface area contributed by atoms with Crippen LogP contribution in [0.2, 0.25) is 0 Å². The molecule has 1 aromatic heterocycles. The molecule has 0 bridgehead atoms. The van der Waals surface area contributed by atoms with E-state index in [-0.39, 0.29) is 18.1 Å². The normalized spacial score (nSPS) is 20.8. The number of aliphatic hydroxyl groups is 1. The number of fused-ring (bicyclic) bond motifs is 1. The quantitative estimate of drug-likeness (QED) is 0.818. The minimum absolute atomic E-state index is 0.217. The lowest BCUT2D eigenvalue weighted by atomic mass is 9.95. The fourth-order valence-electron chi connectivity index (χ4n) is 2.43. The van der Waals surface area contributed by atoms with Gasteiger partial charge in [0.2, 0.25) is 0 Å². The molecule has 1 heterocycles. The van der Waals surface area contributed by atoms with Gasteiger partial charge < -0.3 is 14.4 Å². The molecule has 0 aromatic carbocycles. The van der Waals surface area contributed by atoms with Crippen LogP contribution in [0.3, 0.4) is 0 Å². The zero-order valence-corrected chi connectivity index (χ0v) is 10.3. The lowest BCUT2D eigenvalue weighted by molar-refractivity contribution is -0.146. The lowest BCUT2D eigenvalue weighted by Crippen LogP contribution is -2.22. The summed E-state index contributed by atoms with van der Waals surface area (Å²) in [7, 11) is 0. The third-order valence-corrected chi connectivity index (χ3v) is 3.35. The lowest BCUT2D eigenvalue weighted by Gasteiger charge is -2.22. The molecule has 2 rings (SSSR count). The number of aliphatic hydroxyl groups excluding tert-OH is 1. The van der Waals surface area contributed by atoms with Crippen molar-refractivity contribution in [2.75, 3.05) is 6.61 Å². The van der Waals surface area contributed by atoms with Gasteiger partial charge in [0.1, 0.15) is 6.04 Å². The van der Waals surface area contributed by atoms with E-state index in [1.807, 2.05) is 23.8 Å². The van der Waals surface area contributed by atoms with Crippen molar-refractivity contribution in [1.29, 1.82) is 0 Å². The Balaban J connectivity index is 2.25. The molecule has 0 saturated carbocycles. The summed E-state index contributed by atoms with van der Waals surface area (Å²) in [6.07, 6.45) is 4.19. The average molecular weight is 237 g/mol. The molecule has 1 aliphatic rings. The molecule has 94 valence electrons. The second kappa shape index (κ2) is 4.92. The monoisotopic (exact) mass is 237 g/mol. The van der Waals surface area contributed by atoms with Gasteiger partial charge in [-0.1, -0.05) is 0 Å². The molecule has 0 spiro atoms. The summed E-state index contributed by atoms with van der Waals surface area (Å²) >= 11 is 0. The Hall–Kier alpha value is -1.29. The van der Waals surface area contributed by atoms with Crippen molar-refractivity contribution in [3.8, 4) is 0 Å². The molecule has 4 heteroatoms. The molecule has 1 N–H and O–H groups in total.